The van der Waals surface area contributed by atoms with Crippen molar-refractivity contribution in [1.82, 2.24) is 4.90 Å². The van der Waals surface area contributed by atoms with Gasteiger partial charge in [-0.25, -0.2) is 0 Å². The molecule has 5 heteroatoms. The third-order valence-electron chi connectivity index (χ3n) is 2.67. The Kier molecular flexibility index (Phi) is 4.61. The van der Waals surface area contributed by atoms with Crippen molar-refractivity contribution >= 4 is 34.2 Å². The SMILES string of the molecule is O=C(CNc1ccccc1I)N1CCOCC1. The van der Waals surface area contributed by atoms with E-state index in [2.05, 4.69) is 27.9 Å². The maximum Gasteiger partial charge on any atom is 0.242 e. The number of nitrogens with zero attached hydrogens (tertiary/aromatic N) is 1. The summed E-state index contributed by atoms with van der Waals surface area (Å²) in [6, 6.07) is 7.94. The summed E-state index contributed by atoms with van der Waals surface area (Å²) in [7, 11) is 0. The number of rotatable bonds is 3. The van der Waals surface area contributed by atoms with Crippen LogP contribution in [0, 0.1) is 3.57 Å². The van der Waals surface area contributed by atoms with Crippen molar-refractivity contribution in [2.45, 2.75) is 0 Å². The van der Waals surface area contributed by atoms with E-state index < -0.39 is 0 Å². The first-order valence-electron chi connectivity index (χ1n) is 5.61. The summed E-state index contributed by atoms with van der Waals surface area (Å²) in [5.74, 6) is 0.132. The van der Waals surface area contributed by atoms with Gasteiger partial charge in [0.15, 0.2) is 0 Å². The van der Waals surface area contributed by atoms with Gasteiger partial charge in [-0.15, -0.1) is 0 Å². The molecule has 0 unspecified atom stereocenters. The van der Waals surface area contributed by atoms with Crippen LogP contribution in [0.2, 0.25) is 0 Å². The molecule has 92 valence electrons. The van der Waals surface area contributed by atoms with Gasteiger partial charge < -0.3 is 15.0 Å². The monoisotopic (exact) mass is 346 g/mol. The van der Waals surface area contributed by atoms with E-state index in [1.165, 1.54) is 0 Å². The number of carbonyl (C=O) groups is 1. The number of halogens is 1. The van der Waals surface area contributed by atoms with Crippen LogP contribution in [0.25, 0.3) is 0 Å². The first-order chi connectivity index (χ1) is 8.27. The van der Waals surface area contributed by atoms with Crippen LogP contribution in [-0.2, 0) is 9.53 Å². The number of amides is 1. The molecule has 1 N–H and O–H groups in total. The molecule has 0 aliphatic carbocycles. The smallest absolute Gasteiger partial charge is 0.242 e. The first kappa shape index (κ1) is 12.6. The van der Waals surface area contributed by atoms with E-state index >= 15 is 0 Å². The van der Waals surface area contributed by atoms with Gasteiger partial charge in [0.1, 0.15) is 0 Å². The zero-order valence-corrected chi connectivity index (χ0v) is 11.6. The third kappa shape index (κ3) is 3.57. The van der Waals surface area contributed by atoms with Crippen LogP contribution in [0.1, 0.15) is 0 Å². The summed E-state index contributed by atoms with van der Waals surface area (Å²) in [6.07, 6.45) is 0. The van der Waals surface area contributed by atoms with Crippen LogP contribution >= 0.6 is 22.6 Å². The van der Waals surface area contributed by atoms with Gasteiger partial charge in [0.25, 0.3) is 0 Å². The molecule has 1 aromatic carbocycles. The Morgan fingerprint density at radius 1 is 1.35 bits per heavy atom. The van der Waals surface area contributed by atoms with Crippen LogP contribution in [0.3, 0.4) is 0 Å². The molecule has 1 aliphatic heterocycles. The molecule has 0 atom stereocenters. The van der Waals surface area contributed by atoms with E-state index in [1.807, 2.05) is 29.2 Å². The van der Waals surface area contributed by atoms with Crippen molar-refractivity contribution in [1.29, 1.82) is 0 Å². The highest BCUT2D eigenvalue weighted by atomic mass is 127. The average Bonchev–Trinajstić information content (AvgIpc) is 2.38. The number of para-hydroxylation sites is 1. The van der Waals surface area contributed by atoms with Crippen molar-refractivity contribution in [3.8, 4) is 0 Å². The average molecular weight is 346 g/mol. The molecule has 1 aliphatic rings. The van der Waals surface area contributed by atoms with Crippen molar-refractivity contribution in [2.24, 2.45) is 0 Å². The molecule has 0 aromatic heterocycles. The summed E-state index contributed by atoms with van der Waals surface area (Å²) >= 11 is 2.25. The second-order valence-corrected chi connectivity index (χ2v) is 4.99. The van der Waals surface area contributed by atoms with Gasteiger partial charge in [-0.2, -0.15) is 0 Å². The fraction of sp³-hybridized carbons (Fsp3) is 0.417. The summed E-state index contributed by atoms with van der Waals surface area (Å²) < 4.78 is 6.34. The predicted molar refractivity (Wildman–Crippen MR) is 75.0 cm³/mol. The normalized spacial score (nSPS) is 15.7. The third-order valence-corrected chi connectivity index (χ3v) is 3.61. The van der Waals surface area contributed by atoms with E-state index in [1.54, 1.807) is 0 Å². The van der Waals surface area contributed by atoms with Crippen molar-refractivity contribution in [3.63, 3.8) is 0 Å². The topological polar surface area (TPSA) is 41.6 Å². The Balaban J connectivity index is 1.85. The highest BCUT2D eigenvalue weighted by Gasteiger charge is 2.16. The van der Waals surface area contributed by atoms with Crippen LogP contribution in [0.5, 0.6) is 0 Å². The second kappa shape index (κ2) is 6.20. The quantitative estimate of drug-likeness (QED) is 0.845. The summed E-state index contributed by atoms with van der Waals surface area (Å²) in [6.45, 7) is 3.04. The van der Waals surface area contributed by atoms with Crippen LogP contribution in [-0.4, -0.2) is 43.7 Å². The van der Waals surface area contributed by atoms with Crippen LogP contribution in [0.15, 0.2) is 24.3 Å². The molecular formula is C12H15IN2O2. The predicted octanol–water partition coefficient (Wildman–Crippen LogP) is 1.56. The Hall–Kier alpha value is -0.820. The molecule has 0 radical (unpaired) electrons. The van der Waals surface area contributed by atoms with Gasteiger partial charge in [0.2, 0.25) is 5.91 Å². The maximum absolute atomic E-state index is 11.9. The van der Waals surface area contributed by atoms with Gasteiger partial charge in [0, 0.05) is 22.3 Å². The Labute approximate surface area is 114 Å². The Bertz CT molecular complexity index is 392. The van der Waals surface area contributed by atoms with E-state index in [0.29, 0.717) is 32.8 Å². The molecular weight excluding hydrogens is 331 g/mol. The molecule has 1 amide bonds. The molecule has 17 heavy (non-hydrogen) atoms. The van der Waals surface area contributed by atoms with E-state index in [4.69, 9.17) is 4.74 Å². The maximum atomic E-state index is 11.9. The van der Waals surface area contributed by atoms with E-state index in [0.717, 1.165) is 9.26 Å². The molecule has 0 spiro atoms. The van der Waals surface area contributed by atoms with Gasteiger partial charge in [-0.1, -0.05) is 12.1 Å². The van der Waals surface area contributed by atoms with Crippen molar-refractivity contribution in [2.75, 3.05) is 38.2 Å². The number of anilines is 1. The number of carbonyl (C=O) groups excluding carboxylic acids is 1. The van der Waals surface area contributed by atoms with E-state index in [9.17, 15) is 4.79 Å². The van der Waals surface area contributed by atoms with Crippen molar-refractivity contribution in [3.05, 3.63) is 27.8 Å². The van der Waals surface area contributed by atoms with E-state index in [-0.39, 0.29) is 5.91 Å². The lowest BCUT2D eigenvalue weighted by molar-refractivity contribution is -0.133. The van der Waals surface area contributed by atoms with Gasteiger partial charge in [-0.3, -0.25) is 4.79 Å². The Morgan fingerprint density at radius 3 is 2.76 bits per heavy atom. The van der Waals surface area contributed by atoms with Gasteiger partial charge in [0.05, 0.1) is 19.8 Å². The lowest BCUT2D eigenvalue weighted by Gasteiger charge is -2.27. The Morgan fingerprint density at radius 2 is 2.06 bits per heavy atom. The number of nitrogens with one attached hydrogen (secondary N) is 1. The molecule has 1 saturated heterocycles. The number of ether oxygens (including phenoxy) is 1. The van der Waals surface area contributed by atoms with Gasteiger partial charge >= 0.3 is 0 Å². The number of morpholine rings is 1. The number of benzene rings is 1. The first-order valence-corrected chi connectivity index (χ1v) is 6.69. The molecule has 1 fully saturated rings. The van der Waals surface area contributed by atoms with Crippen LogP contribution < -0.4 is 5.32 Å². The number of hydrogen-bond acceptors (Lipinski definition) is 3. The fourth-order valence-electron chi connectivity index (χ4n) is 1.70. The second-order valence-electron chi connectivity index (χ2n) is 3.83. The lowest BCUT2D eigenvalue weighted by atomic mass is 10.3. The highest BCUT2D eigenvalue weighted by molar-refractivity contribution is 14.1. The molecule has 4 nitrogen and oxygen atoms in total. The zero-order valence-electron chi connectivity index (χ0n) is 9.49. The minimum absolute atomic E-state index is 0.132. The standard InChI is InChI=1S/C12H15IN2O2/c13-10-3-1-2-4-11(10)14-9-12(16)15-5-7-17-8-6-15/h1-4,14H,5-9H2. The summed E-state index contributed by atoms with van der Waals surface area (Å²) in [5.41, 5.74) is 1.01. The van der Waals surface area contributed by atoms with Gasteiger partial charge in [-0.05, 0) is 34.7 Å². The molecule has 1 aromatic rings. The van der Waals surface area contributed by atoms with Crippen molar-refractivity contribution < 1.29 is 9.53 Å². The molecule has 1 heterocycles. The summed E-state index contributed by atoms with van der Waals surface area (Å²) in [5, 5.41) is 3.17. The molecule has 2 rings (SSSR count). The number of hydrogen-bond donors (Lipinski definition) is 1. The lowest BCUT2D eigenvalue weighted by Crippen LogP contribution is -2.43. The molecule has 0 saturated carbocycles. The highest BCUT2D eigenvalue weighted by Crippen LogP contribution is 2.16. The molecule has 0 bridgehead atoms. The summed E-state index contributed by atoms with van der Waals surface area (Å²) in [4.78, 5) is 13.7. The minimum atomic E-state index is 0.132. The van der Waals surface area contributed by atoms with Crippen LogP contribution in [0.4, 0.5) is 5.69 Å². The zero-order chi connectivity index (χ0) is 12.1. The minimum Gasteiger partial charge on any atom is -0.378 e. The largest absolute Gasteiger partial charge is 0.378 e. The fourth-order valence-corrected chi connectivity index (χ4v) is 2.28.